The quantitative estimate of drug-likeness (QED) is 0.457. The SMILES string of the molecule is CCCCNCCC.CCc1nc(N(C)N)ncc1F. The number of nitrogens with one attached hydrogen (secondary N) is 1. The van der Waals surface area contributed by atoms with Gasteiger partial charge in [0.2, 0.25) is 5.95 Å². The van der Waals surface area contributed by atoms with Crippen LogP contribution in [-0.4, -0.2) is 30.1 Å². The minimum Gasteiger partial charge on any atom is -0.317 e. The molecule has 0 unspecified atom stereocenters. The molecule has 3 N–H and O–H groups in total. The maximum atomic E-state index is 12.8. The molecular formula is C14H28FN5. The average Bonchev–Trinajstić information content (AvgIpc) is 2.44. The topological polar surface area (TPSA) is 67.1 Å². The number of nitrogens with zero attached hydrogens (tertiary/aromatic N) is 3. The predicted molar refractivity (Wildman–Crippen MR) is 82.0 cm³/mol. The van der Waals surface area contributed by atoms with Gasteiger partial charge in [-0.3, -0.25) is 5.01 Å². The molecule has 0 saturated heterocycles. The number of hydrazine groups is 1. The van der Waals surface area contributed by atoms with Gasteiger partial charge in [-0.15, -0.1) is 0 Å². The number of aryl methyl sites for hydroxylation is 1. The average molecular weight is 285 g/mol. The molecule has 0 aliphatic carbocycles. The summed E-state index contributed by atoms with van der Waals surface area (Å²) < 4.78 is 12.8. The molecule has 5 nitrogen and oxygen atoms in total. The zero-order chi connectivity index (χ0) is 15.4. The Morgan fingerprint density at radius 2 is 1.95 bits per heavy atom. The summed E-state index contributed by atoms with van der Waals surface area (Å²) >= 11 is 0. The molecule has 6 heteroatoms. The molecule has 0 bridgehead atoms. The van der Waals surface area contributed by atoms with E-state index in [1.54, 1.807) is 7.05 Å². The van der Waals surface area contributed by atoms with Crippen molar-refractivity contribution in [1.82, 2.24) is 15.3 Å². The van der Waals surface area contributed by atoms with Gasteiger partial charge in [-0.05, 0) is 32.4 Å². The third-order valence-electron chi connectivity index (χ3n) is 2.59. The normalized spacial score (nSPS) is 9.90. The standard InChI is InChI=1S/C7H11FN4.C7H17N/c1-3-6-5(8)4-10-7(11-6)12(2)9;1-3-5-7-8-6-4-2/h4H,3,9H2,1-2H3;8H,3-7H2,1-2H3. The first-order valence-corrected chi connectivity index (χ1v) is 7.27. The Labute approximate surface area is 121 Å². The first kappa shape index (κ1) is 18.7. The molecule has 1 rings (SSSR count). The van der Waals surface area contributed by atoms with E-state index in [2.05, 4.69) is 29.1 Å². The van der Waals surface area contributed by atoms with Gasteiger partial charge in [0, 0.05) is 7.05 Å². The summed E-state index contributed by atoms with van der Waals surface area (Å²) in [6, 6.07) is 0. The molecule has 0 fully saturated rings. The number of unbranched alkanes of at least 4 members (excludes halogenated alkanes) is 1. The lowest BCUT2D eigenvalue weighted by atomic mass is 10.3. The van der Waals surface area contributed by atoms with Gasteiger partial charge in [0.05, 0.1) is 11.9 Å². The number of nitrogens with two attached hydrogens (primary N) is 1. The molecule has 1 aromatic rings. The van der Waals surface area contributed by atoms with Gasteiger partial charge >= 0.3 is 0 Å². The molecule has 1 heterocycles. The van der Waals surface area contributed by atoms with Crippen LogP contribution in [0.3, 0.4) is 0 Å². The third-order valence-corrected chi connectivity index (χ3v) is 2.59. The maximum absolute atomic E-state index is 12.8. The van der Waals surface area contributed by atoms with Crippen LogP contribution in [0.2, 0.25) is 0 Å². The summed E-state index contributed by atoms with van der Waals surface area (Å²) in [5, 5.41) is 4.58. The molecule has 0 radical (unpaired) electrons. The minimum absolute atomic E-state index is 0.327. The monoisotopic (exact) mass is 285 g/mol. The van der Waals surface area contributed by atoms with E-state index in [-0.39, 0.29) is 5.82 Å². The Balaban J connectivity index is 0.000000396. The molecule has 1 aromatic heterocycles. The van der Waals surface area contributed by atoms with Gasteiger partial charge in [0.1, 0.15) is 0 Å². The predicted octanol–water partition coefficient (Wildman–Crippen LogP) is 2.27. The van der Waals surface area contributed by atoms with E-state index >= 15 is 0 Å². The molecule has 0 aromatic carbocycles. The second kappa shape index (κ2) is 11.5. The van der Waals surface area contributed by atoms with Crippen molar-refractivity contribution in [3.8, 4) is 0 Å². The van der Waals surface area contributed by atoms with Crippen molar-refractivity contribution in [2.45, 2.75) is 46.5 Å². The van der Waals surface area contributed by atoms with Crippen molar-refractivity contribution < 1.29 is 4.39 Å². The summed E-state index contributed by atoms with van der Waals surface area (Å²) in [5.41, 5.74) is 0.386. The fourth-order valence-electron chi connectivity index (χ4n) is 1.41. The lowest BCUT2D eigenvalue weighted by Crippen LogP contribution is -2.27. The molecule has 20 heavy (non-hydrogen) atoms. The second-order valence-electron chi connectivity index (χ2n) is 4.53. The van der Waals surface area contributed by atoms with Crippen LogP contribution >= 0.6 is 0 Å². The van der Waals surface area contributed by atoms with Crippen LogP contribution in [0.4, 0.5) is 10.3 Å². The Bertz CT molecular complexity index is 351. The smallest absolute Gasteiger partial charge is 0.239 e. The summed E-state index contributed by atoms with van der Waals surface area (Å²) in [6.45, 7) is 8.61. The maximum Gasteiger partial charge on any atom is 0.239 e. The van der Waals surface area contributed by atoms with Crippen molar-refractivity contribution in [1.29, 1.82) is 0 Å². The van der Waals surface area contributed by atoms with Crippen molar-refractivity contribution in [2.24, 2.45) is 5.84 Å². The zero-order valence-electron chi connectivity index (χ0n) is 13.1. The van der Waals surface area contributed by atoms with Crippen LogP contribution in [0.15, 0.2) is 6.20 Å². The molecule has 0 atom stereocenters. The zero-order valence-corrected chi connectivity index (χ0v) is 13.1. The molecule has 0 saturated carbocycles. The Kier molecular flexibility index (Phi) is 10.8. The number of rotatable bonds is 7. The Morgan fingerprint density at radius 3 is 2.45 bits per heavy atom. The molecule has 0 amide bonds. The van der Waals surface area contributed by atoms with Crippen molar-refractivity contribution in [2.75, 3.05) is 25.1 Å². The van der Waals surface area contributed by atoms with Crippen LogP contribution in [0.5, 0.6) is 0 Å². The van der Waals surface area contributed by atoms with E-state index in [0.717, 1.165) is 6.20 Å². The lowest BCUT2D eigenvalue weighted by Gasteiger charge is -2.09. The van der Waals surface area contributed by atoms with E-state index in [9.17, 15) is 4.39 Å². The number of hydrogen-bond donors (Lipinski definition) is 2. The van der Waals surface area contributed by atoms with Crippen molar-refractivity contribution in [3.63, 3.8) is 0 Å². The second-order valence-corrected chi connectivity index (χ2v) is 4.53. The van der Waals surface area contributed by atoms with Crippen LogP contribution < -0.4 is 16.2 Å². The summed E-state index contributed by atoms with van der Waals surface area (Å²) in [7, 11) is 1.60. The van der Waals surface area contributed by atoms with E-state index < -0.39 is 0 Å². The fourth-order valence-corrected chi connectivity index (χ4v) is 1.41. The largest absolute Gasteiger partial charge is 0.317 e. The van der Waals surface area contributed by atoms with Crippen molar-refractivity contribution >= 4 is 5.95 Å². The summed E-state index contributed by atoms with van der Waals surface area (Å²) in [4.78, 5) is 7.61. The number of halogens is 1. The number of aromatic nitrogens is 2. The first-order valence-electron chi connectivity index (χ1n) is 7.27. The molecule has 0 aliphatic heterocycles. The molecular weight excluding hydrogens is 257 g/mol. The van der Waals surface area contributed by atoms with E-state index in [0.29, 0.717) is 18.1 Å². The van der Waals surface area contributed by atoms with Gasteiger partial charge in [-0.2, -0.15) is 0 Å². The summed E-state index contributed by atoms with van der Waals surface area (Å²) in [5.74, 6) is 5.31. The fraction of sp³-hybridized carbons (Fsp3) is 0.714. The molecule has 0 aliphatic rings. The number of anilines is 1. The van der Waals surface area contributed by atoms with E-state index in [4.69, 9.17) is 5.84 Å². The van der Waals surface area contributed by atoms with Gasteiger partial charge < -0.3 is 5.32 Å². The number of hydrogen-bond acceptors (Lipinski definition) is 5. The van der Waals surface area contributed by atoms with Crippen LogP contribution in [0.25, 0.3) is 0 Å². The van der Waals surface area contributed by atoms with Gasteiger partial charge in [0.15, 0.2) is 5.82 Å². The highest BCUT2D eigenvalue weighted by Crippen LogP contribution is 2.07. The van der Waals surface area contributed by atoms with E-state index in [1.165, 1.54) is 37.4 Å². The van der Waals surface area contributed by atoms with Crippen LogP contribution in [0.1, 0.15) is 45.7 Å². The van der Waals surface area contributed by atoms with Gasteiger partial charge in [-0.1, -0.05) is 27.2 Å². The Morgan fingerprint density at radius 1 is 1.25 bits per heavy atom. The van der Waals surface area contributed by atoms with Crippen molar-refractivity contribution in [3.05, 3.63) is 17.7 Å². The van der Waals surface area contributed by atoms with Crippen LogP contribution in [-0.2, 0) is 6.42 Å². The highest BCUT2D eigenvalue weighted by Gasteiger charge is 2.05. The van der Waals surface area contributed by atoms with Gasteiger partial charge in [-0.25, -0.2) is 20.2 Å². The van der Waals surface area contributed by atoms with Crippen LogP contribution in [0, 0.1) is 5.82 Å². The van der Waals surface area contributed by atoms with Gasteiger partial charge in [0.25, 0.3) is 0 Å². The highest BCUT2D eigenvalue weighted by molar-refractivity contribution is 5.26. The third kappa shape index (κ3) is 8.01. The molecule has 0 spiro atoms. The highest BCUT2D eigenvalue weighted by atomic mass is 19.1. The molecule has 116 valence electrons. The lowest BCUT2D eigenvalue weighted by molar-refractivity contribution is 0.592. The first-order chi connectivity index (χ1) is 9.56. The summed E-state index contributed by atoms with van der Waals surface area (Å²) in [6.07, 6.45) is 5.54. The van der Waals surface area contributed by atoms with E-state index in [1.807, 2.05) is 6.92 Å². The minimum atomic E-state index is -0.386. The Hall–Kier alpha value is -1.27.